The van der Waals surface area contributed by atoms with E-state index in [1.807, 2.05) is 11.0 Å². The van der Waals surface area contributed by atoms with Gasteiger partial charge in [-0.2, -0.15) is 0 Å². The fourth-order valence-electron chi connectivity index (χ4n) is 3.49. The molecule has 1 N–H and O–H groups in total. The van der Waals surface area contributed by atoms with Crippen LogP contribution in [0.15, 0.2) is 42.6 Å². The molecule has 1 aliphatic heterocycles. The Hall–Kier alpha value is -3.15. The number of H-pyrrole nitrogens is 1. The van der Waals surface area contributed by atoms with Gasteiger partial charge in [0.2, 0.25) is 0 Å². The lowest BCUT2D eigenvalue weighted by Crippen LogP contribution is -2.36. The molecule has 6 heteroatoms. The van der Waals surface area contributed by atoms with Crippen molar-refractivity contribution in [2.45, 2.75) is 19.9 Å². The molecule has 0 bridgehead atoms. The number of non-ortho nitro benzene ring substituents is 1. The summed E-state index contributed by atoms with van der Waals surface area (Å²) in [7, 11) is 0. The van der Waals surface area contributed by atoms with Gasteiger partial charge >= 0.3 is 0 Å². The smallest absolute Gasteiger partial charge is 0.270 e. The Bertz CT molecular complexity index is 1010. The Balaban J connectivity index is 1.70. The monoisotopic (exact) mass is 335 g/mol. The first kappa shape index (κ1) is 15.4. The zero-order chi connectivity index (χ0) is 17.6. The summed E-state index contributed by atoms with van der Waals surface area (Å²) >= 11 is 0. The van der Waals surface area contributed by atoms with Crippen LogP contribution in [-0.4, -0.2) is 27.3 Å². The van der Waals surface area contributed by atoms with Crippen LogP contribution in [0.5, 0.6) is 0 Å². The van der Waals surface area contributed by atoms with Crippen LogP contribution in [0.2, 0.25) is 0 Å². The third-order valence-electron chi connectivity index (χ3n) is 4.90. The minimum absolute atomic E-state index is 0.0130. The highest BCUT2D eigenvalue weighted by atomic mass is 16.6. The number of carbonyl (C=O) groups is 1. The predicted octanol–water partition coefficient (Wildman–Crippen LogP) is 3.58. The Morgan fingerprint density at radius 1 is 1.28 bits per heavy atom. The van der Waals surface area contributed by atoms with Crippen LogP contribution in [0.4, 0.5) is 5.69 Å². The summed E-state index contributed by atoms with van der Waals surface area (Å²) in [6.07, 6.45) is 2.47. The number of aryl methyl sites for hydroxylation is 1. The van der Waals surface area contributed by atoms with Crippen molar-refractivity contribution in [2.75, 3.05) is 6.54 Å². The molecule has 126 valence electrons. The topological polar surface area (TPSA) is 79.2 Å². The summed E-state index contributed by atoms with van der Waals surface area (Å²) in [5, 5.41) is 11.6. The summed E-state index contributed by atoms with van der Waals surface area (Å²) < 4.78 is 0. The van der Waals surface area contributed by atoms with Crippen molar-refractivity contribution >= 4 is 22.5 Å². The number of nitrogens with zero attached hydrogens (tertiary/aromatic N) is 2. The maximum atomic E-state index is 13.0. The number of benzene rings is 2. The second kappa shape index (κ2) is 5.73. The van der Waals surface area contributed by atoms with Gasteiger partial charge in [0.25, 0.3) is 11.6 Å². The molecule has 2 heterocycles. The molecule has 25 heavy (non-hydrogen) atoms. The summed E-state index contributed by atoms with van der Waals surface area (Å²) in [5.41, 5.74) is 4.87. The summed E-state index contributed by atoms with van der Waals surface area (Å²) in [6, 6.07) is 10.8. The van der Waals surface area contributed by atoms with Gasteiger partial charge in [-0.15, -0.1) is 0 Å². The van der Waals surface area contributed by atoms with Gasteiger partial charge in [-0.3, -0.25) is 14.9 Å². The Kier molecular flexibility index (Phi) is 3.53. The molecule has 0 saturated heterocycles. The Morgan fingerprint density at radius 3 is 2.92 bits per heavy atom. The molecule has 0 atom stereocenters. The fraction of sp³-hybridized carbons (Fsp3) is 0.211. The molecule has 4 rings (SSSR count). The van der Waals surface area contributed by atoms with Gasteiger partial charge < -0.3 is 9.88 Å². The molecule has 0 radical (unpaired) electrons. The van der Waals surface area contributed by atoms with Crippen LogP contribution in [0.3, 0.4) is 0 Å². The zero-order valence-corrected chi connectivity index (χ0v) is 13.8. The number of nitro benzene ring substituents is 1. The Morgan fingerprint density at radius 2 is 2.12 bits per heavy atom. The molecule has 1 aliphatic rings. The summed E-state index contributed by atoms with van der Waals surface area (Å²) in [4.78, 5) is 28.4. The normalized spacial score (nSPS) is 13.7. The van der Waals surface area contributed by atoms with Crippen molar-refractivity contribution in [3.8, 4) is 0 Å². The summed E-state index contributed by atoms with van der Waals surface area (Å²) in [5.74, 6) is -0.0966. The first-order valence-corrected chi connectivity index (χ1v) is 8.17. The second-order valence-electron chi connectivity index (χ2n) is 6.38. The largest absolute Gasteiger partial charge is 0.360 e. The van der Waals surface area contributed by atoms with Crippen molar-refractivity contribution in [1.82, 2.24) is 9.88 Å². The first-order valence-electron chi connectivity index (χ1n) is 8.17. The van der Waals surface area contributed by atoms with Crippen molar-refractivity contribution in [3.05, 3.63) is 75.0 Å². The molecular weight excluding hydrogens is 318 g/mol. The molecule has 6 nitrogen and oxygen atoms in total. The molecule has 0 saturated carbocycles. The van der Waals surface area contributed by atoms with Crippen LogP contribution in [0.1, 0.15) is 27.0 Å². The van der Waals surface area contributed by atoms with Gasteiger partial charge in [-0.25, -0.2) is 0 Å². The molecule has 0 unspecified atom stereocenters. The number of nitro groups is 1. The van der Waals surface area contributed by atoms with Gasteiger partial charge in [-0.1, -0.05) is 18.2 Å². The van der Waals surface area contributed by atoms with Crippen LogP contribution in [-0.2, 0) is 13.0 Å². The zero-order valence-electron chi connectivity index (χ0n) is 13.8. The molecule has 2 aromatic carbocycles. The van der Waals surface area contributed by atoms with Crippen LogP contribution >= 0.6 is 0 Å². The third kappa shape index (κ3) is 2.55. The van der Waals surface area contributed by atoms with Crippen LogP contribution in [0.25, 0.3) is 10.9 Å². The van der Waals surface area contributed by atoms with E-state index >= 15 is 0 Å². The van der Waals surface area contributed by atoms with E-state index in [2.05, 4.69) is 24.0 Å². The van der Waals surface area contributed by atoms with Gasteiger partial charge in [-0.05, 0) is 36.1 Å². The van der Waals surface area contributed by atoms with Gasteiger partial charge in [0, 0.05) is 42.3 Å². The lowest BCUT2D eigenvalue weighted by Gasteiger charge is -2.30. The molecule has 1 aromatic heterocycles. The minimum Gasteiger partial charge on any atom is -0.360 e. The number of nitrogens with one attached hydrogen (secondary N) is 1. The van der Waals surface area contributed by atoms with Crippen LogP contribution < -0.4 is 0 Å². The SMILES string of the molecule is Cc1cccc2c1CN(C(=O)c1c[nH]c3ccc([N+](=O)[O-])cc13)CC2. The lowest BCUT2D eigenvalue weighted by molar-refractivity contribution is -0.384. The maximum absolute atomic E-state index is 13.0. The van der Waals surface area contributed by atoms with Gasteiger partial charge in [0.15, 0.2) is 0 Å². The highest BCUT2D eigenvalue weighted by molar-refractivity contribution is 6.07. The van der Waals surface area contributed by atoms with Gasteiger partial charge in [0.05, 0.1) is 10.5 Å². The Labute approximate surface area is 144 Å². The molecule has 0 fully saturated rings. The van der Waals surface area contributed by atoms with E-state index in [4.69, 9.17) is 0 Å². The molecule has 0 spiro atoms. The first-order chi connectivity index (χ1) is 12.0. The predicted molar refractivity (Wildman–Crippen MR) is 94.6 cm³/mol. The fourth-order valence-corrected chi connectivity index (χ4v) is 3.49. The molecule has 0 aliphatic carbocycles. The maximum Gasteiger partial charge on any atom is 0.270 e. The van der Waals surface area contributed by atoms with Crippen LogP contribution in [0, 0.1) is 17.0 Å². The number of amides is 1. The second-order valence-corrected chi connectivity index (χ2v) is 6.38. The number of carbonyl (C=O) groups excluding carboxylic acids is 1. The third-order valence-corrected chi connectivity index (χ3v) is 4.90. The van der Waals surface area contributed by atoms with E-state index in [0.717, 1.165) is 11.9 Å². The van der Waals surface area contributed by atoms with E-state index < -0.39 is 4.92 Å². The van der Waals surface area contributed by atoms with Gasteiger partial charge in [0.1, 0.15) is 0 Å². The highest BCUT2D eigenvalue weighted by Gasteiger charge is 2.25. The number of aromatic nitrogens is 1. The number of fused-ring (bicyclic) bond motifs is 2. The van der Waals surface area contributed by atoms with Crippen molar-refractivity contribution < 1.29 is 9.72 Å². The van der Waals surface area contributed by atoms with E-state index in [0.29, 0.717) is 24.0 Å². The number of aromatic amines is 1. The molecule has 1 amide bonds. The number of hydrogen-bond acceptors (Lipinski definition) is 3. The molecule has 3 aromatic rings. The quantitative estimate of drug-likeness (QED) is 0.574. The lowest BCUT2D eigenvalue weighted by atomic mass is 9.95. The van der Waals surface area contributed by atoms with Crippen molar-refractivity contribution in [1.29, 1.82) is 0 Å². The molecular formula is C19H17N3O3. The van der Waals surface area contributed by atoms with Crippen molar-refractivity contribution in [3.63, 3.8) is 0 Å². The van der Waals surface area contributed by atoms with E-state index in [-0.39, 0.29) is 11.6 Å². The van der Waals surface area contributed by atoms with E-state index in [1.54, 1.807) is 12.3 Å². The highest BCUT2D eigenvalue weighted by Crippen LogP contribution is 2.27. The number of rotatable bonds is 2. The average molecular weight is 335 g/mol. The van der Waals surface area contributed by atoms with E-state index in [9.17, 15) is 14.9 Å². The number of hydrogen-bond donors (Lipinski definition) is 1. The van der Waals surface area contributed by atoms with E-state index in [1.165, 1.54) is 28.8 Å². The standard InChI is InChI=1S/C19H17N3O3/c1-12-3-2-4-13-7-8-21(11-17(12)13)19(23)16-10-20-18-6-5-14(22(24)25)9-15(16)18/h2-6,9-10,20H,7-8,11H2,1H3. The minimum atomic E-state index is -0.443. The van der Waals surface area contributed by atoms with Crippen molar-refractivity contribution in [2.24, 2.45) is 0 Å². The average Bonchev–Trinajstić information content (AvgIpc) is 3.04. The summed E-state index contributed by atoms with van der Waals surface area (Å²) in [6.45, 7) is 3.28.